The quantitative estimate of drug-likeness (QED) is 0.653. The molecule has 5 heteroatoms. The summed E-state index contributed by atoms with van der Waals surface area (Å²) in [5.74, 6) is -1.41. The predicted molar refractivity (Wildman–Crippen MR) is 87.8 cm³/mol. The van der Waals surface area contributed by atoms with Crippen molar-refractivity contribution >= 4 is 11.9 Å². The van der Waals surface area contributed by atoms with Gasteiger partial charge in [0.25, 0.3) is 0 Å². The van der Waals surface area contributed by atoms with Gasteiger partial charge in [0.05, 0.1) is 7.11 Å². The molecule has 0 spiro atoms. The second-order valence-corrected chi connectivity index (χ2v) is 4.98. The molecule has 0 aliphatic carbocycles. The molecule has 0 saturated carbocycles. The molecular formula is C19H18O5. The van der Waals surface area contributed by atoms with Crippen molar-refractivity contribution in [1.29, 1.82) is 0 Å². The Kier molecular flexibility index (Phi) is 6.28. The van der Waals surface area contributed by atoms with E-state index in [2.05, 4.69) is 4.74 Å². The minimum absolute atomic E-state index is 0.621. The zero-order chi connectivity index (χ0) is 17.4. The summed E-state index contributed by atoms with van der Waals surface area (Å²) in [7, 11) is 1.21. The average Bonchev–Trinajstić information content (AvgIpc) is 2.65. The monoisotopic (exact) mass is 326 g/mol. The highest BCUT2D eigenvalue weighted by Crippen LogP contribution is 2.32. The number of hydrogen-bond donors (Lipinski definition) is 1. The third-order valence-corrected chi connectivity index (χ3v) is 3.36. The van der Waals surface area contributed by atoms with Gasteiger partial charge in [-0.25, -0.2) is 9.59 Å². The maximum atomic E-state index is 12.0. The molecule has 0 saturated heterocycles. The number of carbonyl (C=O) groups is 2. The average molecular weight is 326 g/mol. The number of benzene rings is 2. The van der Waals surface area contributed by atoms with Crippen LogP contribution in [0.25, 0.3) is 0 Å². The Balaban J connectivity index is 2.22. The first-order valence-electron chi connectivity index (χ1n) is 7.36. The predicted octanol–water partition coefficient (Wildman–Crippen LogP) is 2.73. The Bertz CT molecular complexity index is 694. The van der Waals surface area contributed by atoms with Gasteiger partial charge in [0.2, 0.25) is 0 Å². The Morgan fingerprint density at radius 1 is 0.875 bits per heavy atom. The molecule has 0 aromatic heterocycles. The highest BCUT2D eigenvalue weighted by molar-refractivity contribution is 5.91. The van der Waals surface area contributed by atoms with Crippen molar-refractivity contribution in [2.24, 2.45) is 0 Å². The molecule has 0 amide bonds. The van der Waals surface area contributed by atoms with E-state index in [0.29, 0.717) is 11.1 Å². The molecule has 2 atom stereocenters. The highest BCUT2D eigenvalue weighted by atomic mass is 16.6. The molecule has 0 radical (unpaired) electrons. The van der Waals surface area contributed by atoms with E-state index in [9.17, 15) is 14.7 Å². The van der Waals surface area contributed by atoms with Crippen molar-refractivity contribution in [1.82, 2.24) is 0 Å². The van der Waals surface area contributed by atoms with Gasteiger partial charge in [0.15, 0.2) is 6.10 Å². The van der Waals surface area contributed by atoms with E-state index >= 15 is 0 Å². The normalized spacial score (nSPS) is 13.2. The van der Waals surface area contributed by atoms with E-state index in [1.807, 2.05) is 12.1 Å². The molecule has 5 nitrogen and oxygen atoms in total. The molecule has 0 heterocycles. The lowest BCUT2D eigenvalue weighted by molar-refractivity contribution is -0.150. The fraction of sp³-hybridized carbons (Fsp3) is 0.158. The minimum Gasteiger partial charge on any atom is -0.466 e. The zero-order valence-corrected chi connectivity index (χ0v) is 13.2. The van der Waals surface area contributed by atoms with Gasteiger partial charge in [-0.15, -0.1) is 0 Å². The lowest BCUT2D eigenvalue weighted by atomic mass is 9.98. The van der Waals surface area contributed by atoms with Crippen LogP contribution in [-0.4, -0.2) is 24.2 Å². The van der Waals surface area contributed by atoms with Crippen molar-refractivity contribution in [2.75, 3.05) is 7.11 Å². The van der Waals surface area contributed by atoms with Crippen molar-refractivity contribution in [3.63, 3.8) is 0 Å². The largest absolute Gasteiger partial charge is 0.466 e. The standard InChI is InChI=1S/C19H18O5/c1-23-16(20)12-13-17(21)24-19(15-10-6-3-7-11-15)18(22)14-8-4-2-5-9-14/h2-13,18-19,22H,1H3/b13-12+/t18-,19-/m1/s1. The second kappa shape index (κ2) is 8.64. The summed E-state index contributed by atoms with van der Waals surface area (Å²) in [5, 5.41) is 10.6. The van der Waals surface area contributed by atoms with E-state index in [1.54, 1.807) is 48.5 Å². The number of aliphatic hydroxyl groups is 1. The number of carbonyl (C=O) groups excluding carboxylic acids is 2. The molecule has 0 aliphatic heterocycles. The number of rotatable bonds is 6. The Morgan fingerprint density at radius 3 is 1.92 bits per heavy atom. The van der Waals surface area contributed by atoms with Crippen LogP contribution in [0.5, 0.6) is 0 Å². The fourth-order valence-corrected chi connectivity index (χ4v) is 2.15. The number of methoxy groups -OCH3 is 1. The topological polar surface area (TPSA) is 72.8 Å². The van der Waals surface area contributed by atoms with Crippen LogP contribution in [0.1, 0.15) is 23.3 Å². The number of ether oxygens (including phenoxy) is 2. The van der Waals surface area contributed by atoms with Crippen molar-refractivity contribution in [3.05, 3.63) is 83.9 Å². The first-order chi connectivity index (χ1) is 11.6. The molecule has 24 heavy (non-hydrogen) atoms. The maximum absolute atomic E-state index is 12.0. The summed E-state index contributed by atoms with van der Waals surface area (Å²) >= 11 is 0. The first kappa shape index (κ1) is 17.4. The number of esters is 2. The summed E-state index contributed by atoms with van der Waals surface area (Å²) in [6.07, 6.45) is 0.00570. The molecule has 2 aromatic rings. The highest BCUT2D eigenvalue weighted by Gasteiger charge is 2.26. The van der Waals surface area contributed by atoms with Gasteiger partial charge in [-0.05, 0) is 11.1 Å². The van der Waals surface area contributed by atoms with Gasteiger partial charge in [0, 0.05) is 12.2 Å². The Hall–Kier alpha value is -2.92. The SMILES string of the molecule is COC(=O)/C=C/C(=O)O[C@H](c1ccccc1)[C@H](O)c1ccccc1. The third kappa shape index (κ3) is 4.79. The van der Waals surface area contributed by atoms with E-state index in [0.717, 1.165) is 12.2 Å². The summed E-state index contributed by atoms with van der Waals surface area (Å²) in [6.45, 7) is 0. The van der Waals surface area contributed by atoms with Crippen molar-refractivity contribution in [3.8, 4) is 0 Å². The van der Waals surface area contributed by atoms with Crippen LogP contribution in [0.4, 0.5) is 0 Å². The molecule has 0 bridgehead atoms. The van der Waals surface area contributed by atoms with Gasteiger partial charge >= 0.3 is 11.9 Å². The number of hydrogen-bond acceptors (Lipinski definition) is 5. The lowest BCUT2D eigenvalue weighted by Gasteiger charge is -2.23. The van der Waals surface area contributed by atoms with Gasteiger partial charge in [-0.2, -0.15) is 0 Å². The minimum atomic E-state index is -1.04. The van der Waals surface area contributed by atoms with Gasteiger partial charge in [-0.1, -0.05) is 60.7 Å². The number of aliphatic hydroxyl groups excluding tert-OH is 1. The molecule has 0 unspecified atom stereocenters. The fourth-order valence-electron chi connectivity index (χ4n) is 2.15. The van der Waals surface area contributed by atoms with Crippen LogP contribution < -0.4 is 0 Å². The summed E-state index contributed by atoms with van der Waals surface area (Å²) in [6, 6.07) is 17.8. The summed E-state index contributed by atoms with van der Waals surface area (Å²) < 4.78 is 9.79. The van der Waals surface area contributed by atoms with Crippen LogP contribution in [-0.2, 0) is 19.1 Å². The first-order valence-corrected chi connectivity index (χ1v) is 7.36. The van der Waals surface area contributed by atoms with Crippen LogP contribution in [0, 0.1) is 0 Å². The molecule has 2 rings (SSSR count). The lowest BCUT2D eigenvalue weighted by Crippen LogP contribution is -2.17. The van der Waals surface area contributed by atoms with Crippen LogP contribution in [0.2, 0.25) is 0 Å². The summed E-state index contributed by atoms with van der Waals surface area (Å²) in [4.78, 5) is 23.0. The molecule has 0 fully saturated rings. The van der Waals surface area contributed by atoms with E-state index < -0.39 is 24.1 Å². The Labute approximate surface area is 140 Å². The van der Waals surface area contributed by atoms with Gasteiger partial charge in [-0.3, -0.25) is 0 Å². The maximum Gasteiger partial charge on any atom is 0.331 e. The molecular weight excluding hydrogens is 308 g/mol. The van der Waals surface area contributed by atoms with E-state index in [1.165, 1.54) is 7.11 Å². The zero-order valence-electron chi connectivity index (χ0n) is 13.2. The van der Waals surface area contributed by atoms with Crippen LogP contribution >= 0.6 is 0 Å². The van der Waals surface area contributed by atoms with Crippen LogP contribution in [0.15, 0.2) is 72.8 Å². The smallest absolute Gasteiger partial charge is 0.331 e. The molecule has 1 N–H and O–H groups in total. The summed E-state index contributed by atoms with van der Waals surface area (Å²) in [5.41, 5.74) is 1.27. The second-order valence-electron chi connectivity index (χ2n) is 4.98. The molecule has 124 valence electrons. The van der Waals surface area contributed by atoms with Gasteiger partial charge < -0.3 is 14.6 Å². The van der Waals surface area contributed by atoms with E-state index in [4.69, 9.17) is 4.74 Å². The van der Waals surface area contributed by atoms with Crippen molar-refractivity contribution in [2.45, 2.75) is 12.2 Å². The van der Waals surface area contributed by atoms with Gasteiger partial charge in [0.1, 0.15) is 6.10 Å². The van der Waals surface area contributed by atoms with Crippen LogP contribution in [0.3, 0.4) is 0 Å². The Morgan fingerprint density at radius 2 is 1.38 bits per heavy atom. The van der Waals surface area contributed by atoms with E-state index in [-0.39, 0.29) is 0 Å². The van der Waals surface area contributed by atoms with Crippen molar-refractivity contribution < 1.29 is 24.2 Å². The third-order valence-electron chi connectivity index (χ3n) is 3.36. The molecule has 0 aliphatic rings. The molecule has 2 aromatic carbocycles.